The van der Waals surface area contributed by atoms with Gasteiger partial charge in [0.2, 0.25) is 0 Å². The fraction of sp³-hybridized carbons (Fsp3) is 0.939. The molecular weight excluding hydrogens is 492 g/mol. The Morgan fingerprint density at radius 2 is 1.64 bits per heavy atom. The second-order valence-electron chi connectivity index (χ2n) is 15.0. The first kappa shape index (κ1) is 30.0. The van der Waals surface area contributed by atoms with Gasteiger partial charge >= 0.3 is 0 Å². The molecule has 0 aromatic rings. The first-order chi connectivity index (χ1) is 18.5. The van der Waals surface area contributed by atoms with Crippen molar-refractivity contribution in [3.8, 4) is 0 Å². The molecule has 5 rings (SSSR count). The van der Waals surface area contributed by atoms with Crippen molar-refractivity contribution in [3.05, 3.63) is 11.6 Å². The molecule has 5 aliphatic rings. The lowest BCUT2D eigenvalue weighted by molar-refractivity contribution is -0.232. The zero-order valence-electron chi connectivity index (χ0n) is 24.8. The molecule has 6 heteroatoms. The number of rotatable bonds is 8. The van der Waals surface area contributed by atoms with Gasteiger partial charge in [0.25, 0.3) is 0 Å². The molecule has 0 spiro atoms. The summed E-state index contributed by atoms with van der Waals surface area (Å²) in [6.07, 6.45) is 11.1. The van der Waals surface area contributed by atoms with Crippen molar-refractivity contribution in [2.45, 2.75) is 141 Å². The van der Waals surface area contributed by atoms with Crippen LogP contribution in [0.2, 0.25) is 0 Å². The van der Waals surface area contributed by atoms with Gasteiger partial charge in [-0.25, -0.2) is 0 Å². The van der Waals surface area contributed by atoms with Crippen molar-refractivity contribution >= 4 is 0 Å². The minimum Gasteiger partial charge on any atom is -0.394 e. The second kappa shape index (κ2) is 11.6. The number of aliphatic hydroxyl groups excluding tert-OH is 5. The Balaban J connectivity index is 1.14. The van der Waals surface area contributed by atoms with Crippen LogP contribution in [0.25, 0.3) is 0 Å². The van der Waals surface area contributed by atoms with E-state index in [1.165, 1.54) is 38.5 Å². The summed E-state index contributed by atoms with van der Waals surface area (Å²) >= 11 is 0. The molecule has 14 atom stereocenters. The molecule has 39 heavy (non-hydrogen) atoms. The third-order valence-corrected chi connectivity index (χ3v) is 12.8. The summed E-state index contributed by atoms with van der Waals surface area (Å²) in [6, 6.07) is 0. The number of fused-ring (bicyclic) bond motifs is 5. The van der Waals surface area contributed by atoms with Gasteiger partial charge in [0.1, 0.15) is 24.4 Å². The molecule has 224 valence electrons. The molecule has 0 amide bonds. The molecule has 0 bridgehead atoms. The Kier molecular flexibility index (Phi) is 8.95. The SMILES string of the molecule is CC(CCC[C@@H](C)[C@H]1CC[C@H]2[C@@H]3CC=C4C[C@@H](O)CC[C@]4(C)[C@H]3CC[C@]12C)CC1O[C@H](CO)[C@@H](O)[C@H](O)[C@@H]1O. The largest absolute Gasteiger partial charge is 0.394 e. The summed E-state index contributed by atoms with van der Waals surface area (Å²) < 4.78 is 5.74. The van der Waals surface area contributed by atoms with E-state index in [1.807, 2.05) is 0 Å². The molecule has 0 radical (unpaired) electrons. The van der Waals surface area contributed by atoms with Gasteiger partial charge in [-0.1, -0.05) is 58.6 Å². The van der Waals surface area contributed by atoms with Crippen molar-refractivity contribution < 1.29 is 30.3 Å². The normalized spacial score (nSPS) is 49.4. The smallest absolute Gasteiger partial charge is 0.111 e. The Morgan fingerprint density at radius 1 is 0.897 bits per heavy atom. The summed E-state index contributed by atoms with van der Waals surface area (Å²) in [5.74, 6) is 4.25. The predicted octanol–water partition coefficient (Wildman–Crippen LogP) is 4.60. The molecule has 6 nitrogen and oxygen atoms in total. The maximum atomic E-state index is 10.4. The monoisotopic (exact) mass is 548 g/mol. The van der Waals surface area contributed by atoms with E-state index in [9.17, 15) is 25.5 Å². The van der Waals surface area contributed by atoms with Crippen LogP contribution in [0.5, 0.6) is 0 Å². The van der Waals surface area contributed by atoms with Crippen molar-refractivity contribution in [1.82, 2.24) is 0 Å². The van der Waals surface area contributed by atoms with Crippen molar-refractivity contribution in [1.29, 1.82) is 0 Å². The van der Waals surface area contributed by atoms with Crippen LogP contribution in [-0.4, -0.2) is 68.8 Å². The van der Waals surface area contributed by atoms with Crippen LogP contribution >= 0.6 is 0 Å². The van der Waals surface area contributed by atoms with E-state index in [-0.39, 0.29) is 12.7 Å². The molecule has 0 aromatic carbocycles. The first-order valence-electron chi connectivity index (χ1n) is 16.2. The number of allylic oxidation sites excluding steroid dienone is 1. The van der Waals surface area contributed by atoms with E-state index in [0.717, 1.165) is 55.8 Å². The van der Waals surface area contributed by atoms with Crippen LogP contribution in [0.4, 0.5) is 0 Å². The van der Waals surface area contributed by atoms with E-state index < -0.39 is 30.5 Å². The minimum atomic E-state index is -1.28. The number of hydrogen-bond donors (Lipinski definition) is 5. The van der Waals surface area contributed by atoms with Crippen LogP contribution in [0.3, 0.4) is 0 Å². The van der Waals surface area contributed by atoms with Crippen LogP contribution in [0, 0.1) is 46.3 Å². The fourth-order valence-corrected chi connectivity index (χ4v) is 10.5. The molecule has 1 saturated heterocycles. The topological polar surface area (TPSA) is 110 Å². The Morgan fingerprint density at radius 3 is 2.38 bits per heavy atom. The molecule has 0 aromatic heterocycles. The molecule has 2 unspecified atom stereocenters. The Labute approximate surface area is 236 Å². The average molecular weight is 549 g/mol. The molecule has 1 heterocycles. The van der Waals surface area contributed by atoms with Gasteiger partial charge in [-0.3, -0.25) is 0 Å². The summed E-state index contributed by atoms with van der Waals surface area (Å²) in [7, 11) is 0. The Hall–Kier alpha value is -0.500. The quantitative estimate of drug-likeness (QED) is 0.284. The van der Waals surface area contributed by atoms with E-state index in [0.29, 0.717) is 29.1 Å². The number of hydrogen-bond acceptors (Lipinski definition) is 6. The summed E-state index contributed by atoms with van der Waals surface area (Å²) in [5.41, 5.74) is 2.31. The van der Waals surface area contributed by atoms with Crippen molar-refractivity contribution in [2.24, 2.45) is 46.3 Å². The number of aliphatic hydroxyl groups is 5. The summed E-state index contributed by atoms with van der Waals surface area (Å²) in [5, 5.41) is 50.4. The zero-order chi connectivity index (χ0) is 28.1. The average Bonchev–Trinajstić information content (AvgIpc) is 3.26. The van der Waals surface area contributed by atoms with Gasteiger partial charge in [0.05, 0.1) is 18.8 Å². The third-order valence-electron chi connectivity index (χ3n) is 12.8. The molecule has 5 N–H and O–H groups in total. The molecule has 4 fully saturated rings. The highest BCUT2D eigenvalue weighted by Gasteiger charge is 2.59. The molecule has 3 saturated carbocycles. The van der Waals surface area contributed by atoms with Crippen LogP contribution in [0.15, 0.2) is 11.6 Å². The summed E-state index contributed by atoms with van der Waals surface area (Å²) in [4.78, 5) is 0. The van der Waals surface area contributed by atoms with Gasteiger partial charge in [-0.2, -0.15) is 0 Å². The molecular formula is C33H56O6. The van der Waals surface area contributed by atoms with Gasteiger partial charge in [-0.05, 0) is 104 Å². The highest BCUT2D eigenvalue weighted by molar-refractivity contribution is 5.25. The van der Waals surface area contributed by atoms with Gasteiger partial charge < -0.3 is 30.3 Å². The maximum Gasteiger partial charge on any atom is 0.111 e. The van der Waals surface area contributed by atoms with Crippen LogP contribution in [-0.2, 0) is 4.74 Å². The maximum absolute atomic E-state index is 10.4. The van der Waals surface area contributed by atoms with Crippen molar-refractivity contribution in [3.63, 3.8) is 0 Å². The van der Waals surface area contributed by atoms with E-state index >= 15 is 0 Å². The van der Waals surface area contributed by atoms with Gasteiger partial charge in [0, 0.05) is 0 Å². The van der Waals surface area contributed by atoms with E-state index in [4.69, 9.17) is 4.74 Å². The van der Waals surface area contributed by atoms with Crippen molar-refractivity contribution in [2.75, 3.05) is 6.61 Å². The van der Waals surface area contributed by atoms with E-state index in [2.05, 4.69) is 33.8 Å². The zero-order valence-corrected chi connectivity index (χ0v) is 24.8. The lowest BCUT2D eigenvalue weighted by Gasteiger charge is -2.58. The lowest BCUT2D eigenvalue weighted by Crippen LogP contribution is -2.58. The standard InChI is InChI=1S/C33H56O6/c1-19(16-27-29(36)31(38)30(37)28(18-34)39-27)6-5-7-20(2)24-10-11-25-23-9-8-21-17-22(35)12-14-32(21,3)26(23)13-15-33(24,25)4/h8,19-20,22-31,34-38H,5-7,9-18H2,1-4H3/t19?,20-,22+,23+,24-,25+,26+,27?,28-,29-,30-,31-,32+,33-/m1/s1. The highest BCUT2D eigenvalue weighted by Crippen LogP contribution is 2.67. The second-order valence-corrected chi connectivity index (χ2v) is 15.0. The lowest BCUT2D eigenvalue weighted by atomic mass is 9.47. The molecule has 1 aliphatic heterocycles. The van der Waals surface area contributed by atoms with Gasteiger partial charge in [0.15, 0.2) is 0 Å². The first-order valence-corrected chi connectivity index (χ1v) is 16.2. The minimum absolute atomic E-state index is 0.133. The predicted molar refractivity (Wildman–Crippen MR) is 152 cm³/mol. The summed E-state index contributed by atoms with van der Waals surface area (Å²) in [6.45, 7) is 9.43. The molecule has 4 aliphatic carbocycles. The van der Waals surface area contributed by atoms with E-state index in [1.54, 1.807) is 5.57 Å². The Bertz CT molecular complexity index is 874. The number of ether oxygens (including phenoxy) is 1. The van der Waals surface area contributed by atoms with Crippen LogP contribution < -0.4 is 0 Å². The van der Waals surface area contributed by atoms with Gasteiger partial charge in [-0.15, -0.1) is 0 Å². The third kappa shape index (κ3) is 5.41. The fourth-order valence-electron chi connectivity index (χ4n) is 10.5. The highest BCUT2D eigenvalue weighted by atomic mass is 16.5. The van der Waals surface area contributed by atoms with Crippen LogP contribution in [0.1, 0.15) is 105 Å².